The lowest BCUT2D eigenvalue weighted by Crippen LogP contribution is -2.51. The van der Waals surface area contributed by atoms with Gasteiger partial charge >= 0.3 is 24.1 Å². The topological polar surface area (TPSA) is 97.4 Å². The van der Waals surface area contributed by atoms with E-state index < -0.39 is 31.8 Å². The van der Waals surface area contributed by atoms with Crippen molar-refractivity contribution < 1.29 is 51.2 Å². The third-order valence-corrected chi connectivity index (χ3v) is 29.7. The molecule has 0 unspecified atom stereocenters. The number of alkyl halides is 3. The van der Waals surface area contributed by atoms with Crippen LogP contribution in [0.2, 0.25) is 0 Å². The molecule has 0 aliphatic heterocycles. The van der Waals surface area contributed by atoms with Crippen LogP contribution in [0.1, 0.15) is 110 Å². The van der Waals surface area contributed by atoms with Gasteiger partial charge in [0.2, 0.25) is 0 Å². The van der Waals surface area contributed by atoms with Crippen LogP contribution < -0.4 is 18.9 Å². The number of benzene rings is 12. The third kappa shape index (κ3) is 21.9. The van der Waals surface area contributed by atoms with Gasteiger partial charge in [0.25, 0.3) is 0 Å². The van der Waals surface area contributed by atoms with Crippen LogP contribution in [-0.4, -0.2) is 43.9 Å². The van der Waals surface area contributed by atoms with Crippen LogP contribution in [0.25, 0.3) is 0 Å². The van der Waals surface area contributed by atoms with Crippen LogP contribution in [0.5, 0.6) is 23.0 Å². The molecule has 0 spiro atoms. The maximum atomic E-state index is 13.6. The number of esters is 3. The molecule has 4 fully saturated rings. The summed E-state index contributed by atoms with van der Waals surface area (Å²) in [5.74, 6) is 4.23. The van der Waals surface area contributed by atoms with E-state index in [-0.39, 0.29) is 60.9 Å². The zero-order chi connectivity index (χ0) is 81.9. The van der Waals surface area contributed by atoms with Gasteiger partial charge in [0.1, 0.15) is 29.6 Å². The number of carbonyl (C=O) groups excluding carboxylic acids is 3. The van der Waals surface area contributed by atoms with Gasteiger partial charge in [0, 0.05) is 55.0 Å². The Labute approximate surface area is 695 Å². The number of carbonyl (C=O) groups is 3. The molecule has 4 bridgehead atoms. The lowest BCUT2D eigenvalue weighted by atomic mass is 9.49. The van der Waals surface area contributed by atoms with Crippen LogP contribution >= 0.6 is 0 Å². The fourth-order valence-electron chi connectivity index (χ4n) is 16.3. The second kappa shape index (κ2) is 40.1. The molecular weight excluding hydrogens is 1530 g/mol. The summed E-state index contributed by atoms with van der Waals surface area (Å²) < 4.78 is 64.4. The van der Waals surface area contributed by atoms with Crippen molar-refractivity contribution in [1.82, 2.24) is 0 Å². The summed E-state index contributed by atoms with van der Waals surface area (Å²) in [6.07, 6.45) is 1.96. The molecule has 0 saturated heterocycles. The first-order valence-electron chi connectivity index (χ1n) is 39.8. The van der Waals surface area contributed by atoms with E-state index in [1.807, 2.05) is 102 Å². The number of ether oxygens (including phenoxy) is 5. The summed E-state index contributed by atoms with van der Waals surface area (Å²) in [6, 6.07) is 102. The van der Waals surface area contributed by atoms with E-state index in [9.17, 15) is 27.6 Å². The van der Waals surface area contributed by atoms with Crippen LogP contribution in [0.3, 0.4) is 0 Å². The second-order valence-corrected chi connectivity index (χ2v) is 38.1. The summed E-state index contributed by atoms with van der Waals surface area (Å²) in [7, 11) is -0.830. The Morgan fingerprint density at radius 1 is 0.336 bits per heavy atom. The van der Waals surface area contributed by atoms with Crippen molar-refractivity contribution in [1.29, 1.82) is 0 Å². The molecule has 0 aromatic heterocycles. The Bertz CT molecular complexity index is 4950. The van der Waals surface area contributed by atoms with Crippen LogP contribution in [0.4, 0.5) is 13.2 Å². The first kappa shape index (κ1) is 85.2. The van der Waals surface area contributed by atoms with Crippen molar-refractivity contribution in [3.05, 3.63) is 336 Å². The molecular formula is C101H103F3O8S4+4. The number of aryl methyl sites for hydroxylation is 8. The Balaban J connectivity index is 0.000000144. The monoisotopic (exact) mass is 1630 g/mol. The molecule has 4 saturated carbocycles. The minimum atomic E-state index is -4.36. The van der Waals surface area contributed by atoms with Crippen molar-refractivity contribution in [2.45, 2.75) is 186 Å². The largest absolute Gasteiger partial charge is 0.493 e. The molecule has 0 N–H and O–H groups in total. The zero-order valence-electron chi connectivity index (χ0n) is 67.8. The summed E-state index contributed by atoms with van der Waals surface area (Å²) in [5.41, 5.74) is 7.95. The van der Waals surface area contributed by atoms with Crippen LogP contribution in [0, 0.1) is 78.6 Å². The quantitative estimate of drug-likeness (QED) is 0.0355. The van der Waals surface area contributed by atoms with E-state index in [0.717, 1.165) is 86.8 Å². The Hall–Kier alpha value is -10.2. The molecule has 0 amide bonds. The third-order valence-electron chi connectivity index (χ3n) is 21.0. The normalized spacial score (nSPS) is 15.8. The van der Waals surface area contributed by atoms with Crippen molar-refractivity contribution in [2.75, 3.05) is 19.8 Å². The molecule has 0 radical (unpaired) electrons. The van der Waals surface area contributed by atoms with Crippen LogP contribution in [-0.2, 0) is 62.7 Å². The predicted molar refractivity (Wildman–Crippen MR) is 464 cm³/mol. The van der Waals surface area contributed by atoms with Crippen LogP contribution in [0.15, 0.2) is 350 Å². The summed E-state index contributed by atoms with van der Waals surface area (Å²) in [4.78, 5) is 52.2. The van der Waals surface area contributed by atoms with Gasteiger partial charge in [-0.15, -0.1) is 0 Å². The molecule has 4 aliphatic carbocycles. The van der Waals surface area contributed by atoms with E-state index in [2.05, 4.69) is 263 Å². The highest BCUT2D eigenvalue weighted by Gasteiger charge is 2.56. The van der Waals surface area contributed by atoms with Crippen molar-refractivity contribution in [3.8, 4) is 23.0 Å². The number of halogens is 3. The highest BCUT2D eigenvalue weighted by Crippen LogP contribution is 2.61. The maximum Gasteiger partial charge on any atom is 0.392 e. The molecule has 4 aliphatic rings. The highest BCUT2D eigenvalue weighted by atomic mass is 32.2. The number of hydrogen-bond acceptors (Lipinski definition) is 8. The fourth-order valence-corrected chi connectivity index (χ4v) is 25.4. The minimum Gasteiger partial charge on any atom is -0.493 e. The summed E-state index contributed by atoms with van der Waals surface area (Å²) in [6.45, 7) is 19.6. The van der Waals surface area contributed by atoms with Gasteiger partial charge in [0.15, 0.2) is 65.4 Å². The van der Waals surface area contributed by atoms with Gasteiger partial charge in [-0.2, -0.15) is 13.2 Å². The Morgan fingerprint density at radius 3 is 0.819 bits per heavy atom. The van der Waals surface area contributed by atoms with E-state index in [1.165, 1.54) is 84.2 Å². The molecule has 12 aromatic carbocycles. The smallest absolute Gasteiger partial charge is 0.392 e. The molecule has 12 aromatic rings. The Kier molecular flexibility index (Phi) is 29.5. The lowest BCUT2D eigenvalue weighted by Gasteiger charge is -2.55. The molecule has 0 heterocycles. The molecule has 116 heavy (non-hydrogen) atoms. The van der Waals surface area contributed by atoms with Gasteiger partial charge in [-0.25, -0.2) is 4.79 Å². The van der Waals surface area contributed by atoms with Gasteiger partial charge in [-0.05, 0) is 260 Å². The molecule has 596 valence electrons. The molecule has 15 heteroatoms. The second-order valence-electron chi connectivity index (χ2n) is 30.0. The predicted octanol–water partition coefficient (Wildman–Crippen LogP) is 25.3. The lowest BCUT2D eigenvalue weighted by molar-refractivity contribution is -0.162. The van der Waals surface area contributed by atoms with Crippen molar-refractivity contribution >= 4 is 61.5 Å². The average Bonchev–Trinajstić information content (AvgIpc) is 0.739. The molecule has 0 atom stereocenters. The maximum absolute atomic E-state index is 13.6. The Morgan fingerprint density at radius 2 is 0.578 bits per heavy atom. The average molecular weight is 1630 g/mol. The minimum absolute atomic E-state index is 0.0377. The fraction of sp³-hybridized carbons (Fsp3) is 0.257. The first-order chi connectivity index (χ1) is 56.0. The molecule has 8 nitrogen and oxygen atoms in total. The SMILES string of the molecule is CCC(=O)Oc1c(C)cc([S+](c2ccccc2)c2ccccc2)cc1C.CCOc1c(C)cc([S+](c2ccccc2)c2ccccc2)cc1C.Cc1cc([S+](c2ccccc2)c2ccccc2)cc(C)c1OC(=O)C12CC3CC(CC(C3)C1)C2.Cc1cc([S+](c2ccccc2)c2ccccc2)cc(C)c1OCC(=O)OCCC(F)(F)F. The van der Waals surface area contributed by atoms with Gasteiger partial charge < -0.3 is 23.7 Å². The van der Waals surface area contributed by atoms with Gasteiger partial charge in [-0.3, -0.25) is 9.59 Å². The van der Waals surface area contributed by atoms with Gasteiger partial charge in [0.05, 0.1) is 62.0 Å². The van der Waals surface area contributed by atoms with E-state index in [0.29, 0.717) is 24.5 Å². The number of rotatable bonds is 23. The standard InChI is InChI=1S/C31H33O2S.C25H24F3O3S.C23H23O2S.C22H23OS/c1-21-13-28(34(26-9-5-3-6-10-26)27-11-7-4-8-12-27)14-22(2)29(21)33-30(32)31-18-23-15-24(19-31)17-25(16-23)20-31;1-18-15-22(32(20-9-5-3-6-10-20)21-11-7-4-8-12-21)16-19(2)24(18)31-17-23(29)30-14-13-25(26,27)28;1-4-22(24)25-23-17(2)15-21(16-18(23)3)26(19-11-7-5-8-12-19)20-13-9-6-10-14-20;1-4-23-22-17(2)15-21(16-18(22)3)24(19-11-7-5-8-12-19)20-13-9-6-10-14-20/h3-14,23-25H,15-20H2,1-2H3;3-12,15-16H,13-14,17H2,1-2H3;5-16H,4H2,1-3H3;5-16H,4H2,1-3H3/q4*+1. The molecule has 16 rings (SSSR count). The summed E-state index contributed by atoms with van der Waals surface area (Å²) >= 11 is 0. The highest BCUT2D eigenvalue weighted by molar-refractivity contribution is 7.98. The van der Waals surface area contributed by atoms with Crippen molar-refractivity contribution in [3.63, 3.8) is 0 Å². The zero-order valence-corrected chi connectivity index (χ0v) is 71.0. The number of hydrogen-bond donors (Lipinski definition) is 0. The van der Waals surface area contributed by atoms with E-state index >= 15 is 0 Å². The summed E-state index contributed by atoms with van der Waals surface area (Å²) in [5, 5.41) is 0. The van der Waals surface area contributed by atoms with Gasteiger partial charge in [-0.1, -0.05) is 153 Å². The van der Waals surface area contributed by atoms with E-state index in [1.54, 1.807) is 0 Å². The first-order valence-corrected chi connectivity index (χ1v) is 44.7. The van der Waals surface area contributed by atoms with Crippen molar-refractivity contribution in [2.24, 2.45) is 23.2 Å². The van der Waals surface area contributed by atoms with E-state index in [4.69, 9.17) is 18.9 Å².